The van der Waals surface area contributed by atoms with Crippen molar-refractivity contribution in [1.29, 1.82) is 0 Å². The molecule has 0 rings (SSSR count). The van der Waals surface area contributed by atoms with Crippen LogP contribution in [0.2, 0.25) is 0 Å². The largest absolute Gasteiger partial charge is 0.324 e. The van der Waals surface area contributed by atoms with Gasteiger partial charge in [0.1, 0.15) is 9.84 Å². The minimum atomic E-state index is -2.66. The van der Waals surface area contributed by atoms with E-state index in [2.05, 4.69) is 0 Å². The molecule has 0 unspecified atom stereocenters. The van der Waals surface area contributed by atoms with Crippen LogP contribution in [0, 0.1) is 0 Å². The van der Waals surface area contributed by atoms with Gasteiger partial charge in [-0.25, -0.2) is 8.42 Å². The Morgan fingerprint density at radius 2 is 1.33 bits per heavy atom. The first kappa shape index (κ1) is 14.7. The lowest BCUT2D eigenvalue weighted by molar-refractivity contribution is 0.583. The van der Waals surface area contributed by atoms with E-state index in [1.165, 1.54) is 6.26 Å². The first-order valence-corrected chi connectivity index (χ1v) is 8.68. The Labute approximate surface area is 75.8 Å². The third-order valence-corrected chi connectivity index (χ3v) is 3.86. The lowest BCUT2D eigenvalue weighted by atomic mass is 11.0. The van der Waals surface area contributed by atoms with Crippen LogP contribution in [0.1, 0.15) is 13.8 Å². The SMILES string of the molecule is CCP(C)(C)=O.CCS(C)(=O)=O. The Bertz CT molecular complexity index is 237. The van der Waals surface area contributed by atoms with Crippen LogP contribution in [0.15, 0.2) is 0 Å². The van der Waals surface area contributed by atoms with Crippen molar-refractivity contribution in [2.75, 3.05) is 31.5 Å². The molecule has 0 amide bonds. The molecule has 0 bridgehead atoms. The summed E-state index contributed by atoms with van der Waals surface area (Å²) >= 11 is 0. The van der Waals surface area contributed by atoms with Crippen molar-refractivity contribution >= 4 is 17.0 Å². The maximum atomic E-state index is 10.6. The average molecular weight is 214 g/mol. The maximum Gasteiger partial charge on any atom is 0.147 e. The molecule has 0 spiro atoms. The highest BCUT2D eigenvalue weighted by molar-refractivity contribution is 7.90. The number of hydrogen-bond acceptors (Lipinski definition) is 3. The molecule has 0 saturated carbocycles. The van der Waals surface area contributed by atoms with Crippen molar-refractivity contribution in [1.82, 2.24) is 0 Å². The van der Waals surface area contributed by atoms with Crippen LogP contribution in [-0.4, -0.2) is 39.9 Å². The molecular weight excluding hydrogens is 195 g/mol. The van der Waals surface area contributed by atoms with Gasteiger partial charge in [-0.1, -0.05) is 13.8 Å². The average Bonchev–Trinajstić information content (AvgIpc) is 1.86. The van der Waals surface area contributed by atoms with Crippen LogP contribution < -0.4 is 0 Å². The quantitative estimate of drug-likeness (QED) is 0.657. The molecule has 0 saturated heterocycles. The van der Waals surface area contributed by atoms with Crippen molar-refractivity contribution in [3.63, 3.8) is 0 Å². The van der Waals surface area contributed by atoms with Crippen molar-refractivity contribution in [2.24, 2.45) is 0 Å². The molecule has 0 aromatic heterocycles. The Hall–Kier alpha value is 0.180. The second kappa shape index (κ2) is 5.76. The summed E-state index contributed by atoms with van der Waals surface area (Å²) in [5.74, 6) is 0.243. The van der Waals surface area contributed by atoms with E-state index in [4.69, 9.17) is 0 Å². The standard InChI is InChI=1S/C4H11OP.C3H8O2S/c1-4-6(2,3)5;1-3-6(2,4)5/h4H2,1-3H3;3H2,1-2H3. The summed E-state index contributed by atoms with van der Waals surface area (Å²) in [5, 5.41) is 0. The molecule has 0 aliphatic heterocycles. The molecule has 0 aromatic carbocycles. The first-order chi connectivity index (χ1) is 5.12. The van der Waals surface area contributed by atoms with Crippen LogP contribution >= 0.6 is 7.14 Å². The van der Waals surface area contributed by atoms with E-state index in [1.807, 2.05) is 6.92 Å². The summed E-state index contributed by atoms with van der Waals surface area (Å²) in [6, 6.07) is 0. The Kier molecular flexibility index (Phi) is 7.05. The summed E-state index contributed by atoms with van der Waals surface area (Å²) in [6.07, 6.45) is 2.04. The number of sulfone groups is 1. The predicted octanol–water partition coefficient (Wildman–Crippen LogP) is 1.68. The Morgan fingerprint density at radius 1 is 1.17 bits per heavy atom. The lowest BCUT2D eigenvalue weighted by Crippen LogP contribution is -1.96. The van der Waals surface area contributed by atoms with Crippen LogP contribution in [0.3, 0.4) is 0 Å². The van der Waals surface area contributed by atoms with E-state index in [0.717, 1.165) is 6.16 Å². The van der Waals surface area contributed by atoms with E-state index < -0.39 is 17.0 Å². The molecule has 0 heterocycles. The molecule has 0 fully saturated rings. The molecule has 0 atom stereocenters. The van der Waals surface area contributed by atoms with Gasteiger partial charge in [0.15, 0.2) is 0 Å². The van der Waals surface area contributed by atoms with Crippen molar-refractivity contribution in [3.05, 3.63) is 0 Å². The van der Waals surface area contributed by atoms with Gasteiger partial charge in [-0.15, -0.1) is 0 Å². The zero-order chi connectivity index (χ0) is 10.4. The van der Waals surface area contributed by atoms with Crippen LogP contribution in [0.4, 0.5) is 0 Å². The second-order valence-electron chi connectivity index (χ2n) is 3.10. The maximum absolute atomic E-state index is 10.6. The summed E-state index contributed by atoms with van der Waals surface area (Å²) in [6.45, 7) is 7.16. The predicted molar refractivity (Wildman–Crippen MR) is 55.4 cm³/mol. The van der Waals surface area contributed by atoms with Gasteiger partial charge < -0.3 is 4.57 Å². The molecule has 0 radical (unpaired) electrons. The number of hydrogen-bond donors (Lipinski definition) is 0. The van der Waals surface area contributed by atoms with Crippen LogP contribution in [0.25, 0.3) is 0 Å². The summed E-state index contributed by atoms with van der Waals surface area (Å²) in [4.78, 5) is 0. The first-order valence-electron chi connectivity index (χ1n) is 3.84. The molecule has 76 valence electrons. The highest BCUT2D eigenvalue weighted by Gasteiger charge is 1.98. The molecule has 0 aliphatic rings. The fraction of sp³-hybridized carbons (Fsp3) is 1.00. The fourth-order valence-corrected chi connectivity index (χ4v) is 0. The number of rotatable bonds is 2. The van der Waals surface area contributed by atoms with Crippen LogP contribution in [-0.2, 0) is 14.4 Å². The summed E-state index contributed by atoms with van der Waals surface area (Å²) in [5.41, 5.74) is 0. The zero-order valence-electron chi connectivity index (χ0n) is 8.49. The minimum Gasteiger partial charge on any atom is -0.324 e. The summed E-state index contributed by atoms with van der Waals surface area (Å²) < 4.78 is 30.6. The molecule has 0 aliphatic carbocycles. The van der Waals surface area contributed by atoms with Crippen molar-refractivity contribution < 1.29 is 13.0 Å². The second-order valence-corrected chi connectivity index (χ2v) is 9.31. The van der Waals surface area contributed by atoms with Gasteiger partial charge in [-0.2, -0.15) is 0 Å². The lowest BCUT2D eigenvalue weighted by Gasteiger charge is -1.95. The third-order valence-electron chi connectivity index (χ3n) is 1.29. The Morgan fingerprint density at radius 3 is 1.33 bits per heavy atom. The normalized spacial score (nSPS) is 11.8. The van der Waals surface area contributed by atoms with Gasteiger partial charge >= 0.3 is 0 Å². The van der Waals surface area contributed by atoms with E-state index in [0.29, 0.717) is 0 Å². The molecule has 12 heavy (non-hydrogen) atoms. The topological polar surface area (TPSA) is 51.2 Å². The van der Waals surface area contributed by atoms with Gasteiger partial charge in [0, 0.05) is 12.0 Å². The van der Waals surface area contributed by atoms with Gasteiger partial charge in [-0.3, -0.25) is 0 Å². The van der Waals surface area contributed by atoms with Gasteiger partial charge in [-0.05, 0) is 19.5 Å². The van der Waals surface area contributed by atoms with Crippen molar-refractivity contribution in [2.45, 2.75) is 13.8 Å². The highest BCUT2D eigenvalue weighted by Crippen LogP contribution is 2.34. The summed E-state index contributed by atoms with van der Waals surface area (Å²) in [7, 11) is -4.31. The van der Waals surface area contributed by atoms with Crippen LogP contribution in [0.5, 0.6) is 0 Å². The molecule has 0 aromatic rings. The molecular formula is C7H19O3PS. The third kappa shape index (κ3) is 22.5. The van der Waals surface area contributed by atoms with Gasteiger partial charge in [0.05, 0.1) is 7.14 Å². The van der Waals surface area contributed by atoms with Crippen molar-refractivity contribution in [3.8, 4) is 0 Å². The molecule has 0 N–H and O–H groups in total. The monoisotopic (exact) mass is 214 g/mol. The molecule has 5 heteroatoms. The highest BCUT2D eigenvalue weighted by atomic mass is 32.2. The Balaban J connectivity index is 0. The zero-order valence-corrected chi connectivity index (χ0v) is 10.2. The van der Waals surface area contributed by atoms with Gasteiger partial charge in [0.25, 0.3) is 0 Å². The van der Waals surface area contributed by atoms with Gasteiger partial charge in [0.2, 0.25) is 0 Å². The fourth-order valence-electron chi connectivity index (χ4n) is 0. The molecule has 3 nitrogen and oxygen atoms in total. The van der Waals surface area contributed by atoms with E-state index in [-0.39, 0.29) is 5.75 Å². The smallest absolute Gasteiger partial charge is 0.147 e. The minimum absolute atomic E-state index is 0.243. The van der Waals surface area contributed by atoms with E-state index in [9.17, 15) is 13.0 Å². The van der Waals surface area contributed by atoms with E-state index in [1.54, 1.807) is 20.3 Å². The van der Waals surface area contributed by atoms with E-state index >= 15 is 0 Å².